The molecule has 0 fully saturated rings. The third-order valence-corrected chi connectivity index (χ3v) is 4.36. The second kappa shape index (κ2) is 5.51. The van der Waals surface area contributed by atoms with Crippen molar-refractivity contribution in [3.63, 3.8) is 0 Å². The number of benzene rings is 1. The number of pyridine rings is 1. The molecular weight excluding hydrogens is 252 g/mol. The minimum absolute atomic E-state index is 0.356. The molecule has 1 aromatic carbocycles. The van der Waals surface area contributed by atoms with Gasteiger partial charge in [-0.2, -0.15) is 0 Å². The van der Waals surface area contributed by atoms with Gasteiger partial charge in [-0.05, 0) is 41.1 Å². The first-order valence-corrected chi connectivity index (χ1v) is 7.29. The molecule has 2 nitrogen and oxygen atoms in total. The number of aromatic nitrogens is 1. The van der Waals surface area contributed by atoms with E-state index < -0.39 is 0 Å². The van der Waals surface area contributed by atoms with Crippen LogP contribution in [0.3, 0.4) is 0 Å². The fraction of sp³-hybridized carbons (Fsp3) is 0.188. The lowest BCUT2D eigenvalue weighted by molar-refractivity contribution is 0.711. The molecule has 0 saturated heterocycles. The molecule has 3 heteroatoms. The number of nitrogens with zero attached hydrogens (tertiary/aromatic N) is 1. The van der Waals surface area contributed by atoms with Gasteiger partial charge in [0.1, 0.15) is 0 Å². The molecule has 19 heavy (non-hydrogen) atoms. The van der Waals surface area contributed by atoms with Crippen molar-refractivity contribution in [3.05, 3.63) is 65.3 Å². The summed E-state index contributed by atoms with van der Waals surface area (Å²) in [5.41, 5.74) is 2.66. The average Bonchev–Trinajstić information content (AvgIpc) is 2.89. The summed E-state index contributed by atoms with van der Waals surface area (Å²) in [6.07, 6.45) is 3.79. The van der Waals surface area contributed by atoms with Crippen LogP contribution in [0.1, 0.15) is 17.0 Å². The highest BCUT2D eigenvalue weighted by Crippen LogP contribution is 2.34. The third-order valence-electron chi connectivity index (χ3n) is 3.38. The molecule has 0 amide bonds. The number of rotatable bonds is 4. The van der Waals surface area contributed by atoms with Crippen LogP contribution in [0.4, 0.5) is 0 Å². The van der Waals surface area contributed by atoms with E-state index in [9.17, 15) is 0 Å². The van der Waals surface area contributed by atoms with Crippen molar-refractivity contribution in [2.75, 3.05) is 13.6 Å². The maximum Gasteiger partial charge on any atom is 0.0345 e. The van der Waals surface area contributed by atoms with E-state index in [1.54, 1.807) is 0 Å². The molecule has 0 aliphatic rings. The van der Waals surface area contributed by atoms with Crippen LogP contribution in [-0.4, -0.2) is 18.6 Å². The molecule has 2 aromatic heterocycles. The first kappa shape index (κ1) is 12.3. The number of thiophene rings is 1. The summed E-state index contributed by atoms with van der Waals surface area (Å²) in [6.45, 7) is 0.923. The summed E-state index contributed by atoms with van der Waals surface area (Å²) in [5, 5.41) is 6.93. The number of hydrogen-bond acceptors (Lipinski definition) is 3. The van der Waals surface area contributed by atoms with E-state index in [2.05, 4.69) is 46.0 Å². The van der Waals surface area contributed by atoms with Crippen molar-refractivity contribution in [2.24, 2.45) is 0 Å². The van der Waals surface area contributed by atoms with E-state index in [1.165, 1.54) is 21.2 Å². The lowest BCUT2D eigenvalue weighted by atomic mass is 9.92. The Kier molecular flexibility index (Phi) is 3.58. The second-order valence-electron chi connectivity index (χ2n) is 4.58. The predicted octanol–water partition coefficient (Wildman–Crippen LogP) is 3.65. The maximum atomic E-state index is 4.25. The highest BCUT2D eigenvalue weighted by Gasteiger charge is 2.17. The van der Waals surface area contributed by atoms with Crippen molar-refractivity contribution in [1.82, 2.24) is 10.3 Å². The molecule has 2 heterocycles. The van der Waals surface area contributed by atoms with Gasteiger partial charge in [-0.25, -0.2) is 0 Å². The summed E-state index contributed by atoms with van der Waals surface area (Å²) < 4.78 is 1.35. The Morgan fingerprint density at radius 1 is 1.21 bits per heavy atom. The molecule has 0 aliphatic carbocycles. The Balaban J connectivity index is 2.10. The summed E-state index contributed by atoms with van der Waals surface area (Å²) in [6, 6.07) is 12.8. The lowest BCUT2D eigenvalue weighted by Gasteiger charge is -2.16. The SMILES string of the molecule is CNCC(c1cccnc1)c1csc2ccccc12. The lowest BCUT2D eigenvalue weighted by Crippen LogP contribution is -2.18. The minimum Gasteiger partial charge on any atom is -0.319 e. The van der Waals surface area contributed by atoms with Gasteiger partial charge in [0.25, 0.3) is 0 Å². The van der Waals surface area contributed by atoms with Gasteiger partial charge >= 0.3 is 0 Å². The molecular formula is C16H16N2S. The van der Waals surface area contributed by atoms with Crippen LogP contribution in [0, 0.1) is 0 Å². The van der Waals surface area contributed by atoms with E-state index in [-0.39, 0.29) is 0 Å². The topological polar surface area (TPSA) is 24.9 Å². The monoisotopic (exact) mass is 268 g/mol. The minimum atomic E-state index is 0.356. The van der Waals surface area contributed by atoms with Crippen LogP contribution < -0.4 is 5.32 Å². The Labute approximate surface area is 117 Å². The third kappa shape index (κ3) is 2.39. The van der Waals surface area contributed by atoms with Gasteiger partial charge in [-0.3, -0.25) is 4.98 Å². The Morgan fingerprint density at radius 2 is 2.11 bits per heavy atom. The number of nitrogens with one attached hydrogen (secondary N) is 1. The van der Waals surface area contributed by atoms with E-state index in [1.807, 2.05) is 36.8 Å². The average molecular weight is 268 g/mol. The number of fused-ring (bicyclic) bond motifs is 1. The summed E-state index contributed by atoms with van der Waals surface area (Å²) in [5.74, 6) is 0.356. The van der Waals surface area contributed by atoms with Crippen LogP contribution in [0.15, 0.2) is 54.2 Å². The Hall–Kier alpha value is -1.71. The summed E-state index contributed by atoms with van der Waals surface area (Å²) in [4.78, 5) is 4.25. The molecule has 0 aliphatic heterocycles. The van der Waals surface area contributed by atoms with Gasteiger partial charge in [0.2, 0.25) is 0 Å². The van der Waals surface area contributed by atoms with Gasteiger partial charge < -0.3 is 5.32 Å². The normalized spacial score (nSPS) is 12.7. The fourth-order valence-corrected chi connectivity index (χ4v) is 3.48. The predicted molar refractivity (Wildman–Crippen MR) is 81.8 cm³/mol. The van der Waals surface area contributed by atoms with Gasteiger partial charge in [0, 0.05) is 29.6 Å². The van der Waals surface area contributed by atoms with Gasteiger partial charge in [-0.15, -0.1) is 11.3 Å². The van der Waals surface area contributed by atoms with Crippen LogP contribution in [-0.2, 0) is 0 Å². The molecule has 3 rings (SSSR count). The zero-order valence-corrected chi connectivity index (χ0v) is 11.7. The molecule has 1 N–H and O–H groups in total. The Morgan fingerprint density at radius 3 is 2.89 bits per heavy atom. The number of likely N-dealkylation sites (N-methyl/N-ethyl adjacent to an activating group) is 1. The Bertz CT molecular complexity index is 661. The van der Waals surface area contributed by atoms with E-state index in [0.29, 0.717) is 5.92 Å². The molecule has 0 spiro atoms. The van der Waals surface area contributed by atoms with Crippen molar-refractivity contribution >= 4 is 21.4 Å². The molecule has 3 aromatic rings. The highest BCUT2D eigenvalue weighted by atomic mass is 32.1. The first-order chi connectivity index (χ1) is 9.40. The van der Waals surface area contributed by atoms with E-state index in [0.717, 1.165) is 6.54 Å². The first-order valence-electron chi connectivity index (χ1n) is 6.41. The molecule has 0 saturated carbocycles. The van der Waals surface area contributed by atoms with Crippen molar-refractivity contribution in [1.29, 1.82) is 0 Å². The van der Waals surface area contributed by atoms with E-state index in [4.69, 9.17) is 0 Å². The second-order valence-corrected chi connectivity index (χ2v) is 5.50. The maximum absolute atomic E-state index is 4.25. The zero-order valence-electron chi connectivity index (χ0n) is 10.8. The fourth-order valence-electron chi connectivity index (χ4n) is 2.46. The molecule has 96 valence electrons. The molecule has 0 radical (unpaired) electrons. The van der Waals surface area contributed by atoms with Crippen LogP contribution in [0.2, 0.25) is 0 Å². The largest absolute Gasteiger partial charge is 0.319 e. The molecule has 1 unspecified atom stereocenters. The van der Waals surface area contributed by atoms with Crippen molar-refractivity contribution < 1.29 is 0 Å². The zero-order chi connectivity index (χ0) is 13.1. The van der Waals surface area contributed by atoms with Gasteiger partial charge in [0.05, 0.1) is 0 Å². The van der Waals surface area contributed by atoms with Crippen LogP contribution >= 0.6 is 11.3 Å². The van der Waals surface area contributed by atoms with Crippen LogP contribution in [0.25, 0.3) is 10.1 Å². The standard InChI is InChI=1S/C16H16N2S/c1-17-10-14(12-5-4-8-18-9-12)15-11-19-16-7-3-2-6-13(15)16/h2-9,11,14,17H,10H2,1H3. The van der Waals surface area contributed by atoms with Gasteiger partial charge in [-0.1, -0.05) is 24.3 Å². The summed E-state index contributed by atoms with van der Waals surface area (Å²) >= 11 is 1.81. The van der Waals surface area contributed by atoms with Gasteiger partial charge in [0.15, 0.2) is 0 Å². The van der Waals surface area contributed by atoms with E-state index >= 15 is 0 Å². The van der Waals surface area contributed by atoms with Crippen LogP contribution in [0.5, 0.6) is 0 Å². The van der Waals surface area contributed by atoms with Crippen molar-refractivity contribution in [2.45, 2.75) is 5.92 Å². The smallest absolute Gasteiger partial charge is 0.0345 e. The van der Waals surface area contributed by atoms with Crippen molar-refractivity contribution in [3.8, 4) is 0 Å². The number of hydrogen-bond donors (Lipinski definition) is 1. The quantitative estimate of drug-likeness (QED) is 0.781. The molecule has 0 bridgehead atoms. The highest BCUT2D eigenvalue weighted by molar-refractivity contribution is 7.17. The molecule has 1 atom stereocenters. The summed E-state index contributed by atoms with van der Waals surface area (Å²) in [7, 11) is 2.00.